The Bertz CT molecular complexity index is 1050. The Balaban J connectivity index is 4.65. The van der Waals surface area contributed by atoms with Crippen molar-refractivity contribution in [1.82, 2.24) is 5.32 Å². The highest BCUT2D eigenvalue weighted by Gasteiger charge is 2.24. The van der Waals surface area contributed by atoms with E-state index in [9.17, 15) is 19.8 Å². The first kappa shape index (κ1) is 55.6. The van der Waals surface area contributed by atoms with Crippen LogP contribution in [0.1, 0.15) is 233 Å². The fourth-order valence-corrected chi connectivity index (χ4v) is 7.28. The maximum Gasteiger partial charge on any atom is 0.306 e. The molecular formula is C52H93NO5. The van der Waals surface area contributed by atoms with Crippen LogP contribution in [0.15, 0.2) is 60.8 Å². The van der Waals surface area contributed by atoms with Gasteiger partial charge in [0, 0.05) is 6.42 Å². The van der Waals surface area contributed by atoms with Crippen molar-refractivity contribution in [1.29, 1.82) is 0 Å². The van der Waals surface area contributed by atoms with E-state index in [1.54, 1.807) is 0 Å². The van der Waals surface area contributed by atoms with Gasteiger partial charge in [0.1, 0.15) is 6.10 Å². The number of amides is 1. The van der Waals surface area contributed by atoms with Gasteiger partial charge in [-0.25, -0.2) is 0 Å². The Morgan fingerprint density at radius 1 is 0.517 bits per heavy atom. The maximum atomic E-state index is 13.2. The predicted octanol–water partition coefficient (Wildman–Crippen LogP) is 14.5. The SMILES string of the molecule is CC/C=C/C=C/C=C\C=C/C=C/CCCC(=O)OC(CCCCCCCCCCCCCC)CC(=O)NC(CO)C(O)CCCCCCCCCCCCCCCC. The molecule has 3 atom stereocenters. The molecule has 6 nitrogen and oxygen atoms in total. The fourth-order valence-electron chi connectivity index (χ4n) is 7.28. The first-order chi connectivity index (χ1) is 28.5. The second-order valence-corrected chi connectivity index (χ2v) is 16.6. The molecule has 0 spiro atoms. The summed E-state index contributed by atoms with van der Waals surface area (Å²) in [6.07, 6.45) is 55.7. The van der Waals surface area contributed by atoms with E-state index in [-0.39, 0.29) is 24.9 Å². The molecule has 0 heterocycles. The molecule has 1 amide bonds. The summed E-state index contributed by atoms with van der Waals surface area (Å²) in [6, 6.07) is -0.715. The van der Waals surface area contributed by atoms with Gasteiger partial charge in [-0.15, -0.1) is 0 Å². The molecule has 0 aliphatic carbocycles. The molecule has 0 saturated carbocycles. The summed E-state index contributed by atoms with van der Waals surface area (Å²) >= 11 is 0. The number of nitrogens with one attached hydrogen (secondary N) is 1. The predicted molar refractivity (Wildman–Crippen MR) is 250 cm³/mol. The summed E-state index contributed by atoms with van der Waals surface area (Å²) in [5, 5.41) is 23.7. The zero-order valence-corrected chi connectivity index (χ0v) is 38.2. The van der Waals surface area contributed by atoms with Gasteiger partial charge in [0.15, 0.2) is 0 Å². The largest absolute Gasteiger partial charge is 0.462 e. The molecule has 3 N–H and O–H groups in total. The number of carbonyl (C=O) groups excluding carboxylic acids is 2. The van der Waals surface area contributed by atoms with Crippen molar-refractivity contribution in [2.75, 3.05) is 6.61 Å². The maximum absolute atomic E-state index is 13.2. The highest BCUT2D eigenvalue weighted by molar-refractivity contribution is 5.77. The lowest BCUT2D eigenvalue weighted by atomic mass is 10.0. The first-order valence-electron chi connectivity index (χ1n) is 24.6. The lowest BCUT2D eigenvalue weighted by Gasteiger charge is -2.24. The molecule has 0 aromatic heterocycles. The van der Waals surface area contributed by atoms with Crippen molar-refractivity contribution in [3.63, 3.8) is 0 Å². The van der Waals surface area contributed by atoms with Crippen molar-refractivity contribution in [3.8, 4) is 0 Å². The smallest absolute Gasteiger partial charge is 0.306 e. The average Bonchev–Trinajstić information content (AvgIpc) is 3.22. The molecule has 336 valence electrons. The number of hydrogen-bond acceptors (Lipinski definition) is 5. The van der Waals surface area contributed by atoms with E-state index < -0.39 is 18.2 Å². The van der Waals surface area contributed by atoms with Crippen molar-refractivity contribution in [2.24, 2.45) is 0 Å². The van der Waals surface area contributed by atoms with Crippen LogP contribution in [0.2, 0.25) is 0 Å². The Morgan fingerprint density at radius 3 is 1.34 bits per heavy atom. The van der Waals surface area contributed by atoms with Crippen LogP contribution in [-0.4, -0.2) is 46.9 Å². The molecule has 58 heavy (non-hydrogen) atoms. The number of hydrogen-bond donors (Lipinski definition) is 3. The van der Waals surface area contributed by atoms with Crippen LogP contribution in [0.25, 0.3) is 0 Å². The monoisotopic (exact) mass is 812 g/mol. The molecule has 0 aromatic carbocycles. The van der Waals surface area contributed by atoms with Crippen LogP contribution in [0.3, 0.4) is 0 Å². The summed E-state index contributed by atoms with van der Waals surface area (Å²) in [7, 11) is 0. The van der Waals surface area contributed by atoms with Gasteiger partial charge < -0.3 is 20.3 Å². The number of allylic oxidation sites excluding steroid dienone is 10. The molecule has 0 aliphatic heterocycles. The number of esters is 1. The Morgan fingerprint density at radius 2 is 0.914 bits per heavy atom. The fraction of sp³-hybridized carbons (Fsp3) is 0.769. The van der Waals surface area contributed by atoms with Crippen molar-refractivity contribution in [2.45, 2.75) is 251 Å². The number of rotatable bonds is 43. The summed E-state index contributed by atoms with van der Waals surface area (Å²) < 4.78 is 5.88. The minimum atomic E-state index is -0.799. The Labute approximate surface area is 358 Å². The van der Waals surface area contributed by atoms with E-state index in [1.165, 1.54) is 128 Å². The van der Waals surface area contributed by atoms with Crippen LogP contribution >= 0.6 is 0 Å². The van der Waals surface area contributed by atoms with Gasteiger partial charge in [0.05, 0.1) is 25.2 Å². The van der Waals surface area contributed by atoms with Crippen molar-refractivity contribution < 1.29 is 24.5 Å². The normalized spacial score (nSPS) is 13.8. The van der Waals surface area contributed by atoms with Crippen molar-refractivity contribution in [3.05, 3.63) is 60.8 Å². The van der Waals surface area contributed by atoms with Crippen LogP contribution in [0.4, 0.5) is 0 Å². The van der Waals surface area contributed by atoms with E-state index >= 15 is 0 Å². The summed E-state index contributed by atoms with van der Waals surface area (Å²) in [4.78, 5) is 26.0. The van der Waals surface area contributed by atoms with Gasteiger partial charge in [-0.1, -0.05) is 242 Å². The molecule has 0 bridgehead atoms. The van der Waals surface area contributed by atoms with Gasteiger partial charge >= 0.3 is 5.97 Å². The van der Waals surface area contributed by atoms with Crippen LogP contribution < -0.4 is 5.32 Å². The number of unbranched alkanes of at least 4 members (excludes halogenated alkanes) is 25. The Kier molecular flexibility index (Phi) is 43.7. The zero-order valence-electron chi connectivity index (χ0n) is 38.2. The number of aliphatic hydroxyl groups excluding tert-OH is 2. The molecule has 0 rings (SSSR count). The van der Waals surface area contributed by atoms with Gasteiger partial charge in [0.25, 0.3) is 0 Å². The molecule has 0 aromatic rings. The van der Waals surface area contributed by atoms with E-state index in [0.29, 0.717) is 25.7 Å². The highest BCUT2D eigenvalue weighted by Crippen LogP contribution is 2.18. The van der Waals surface area contributed by atoms with Crippen molar-refractivity contribution >= 4 is 11.9 Å². The molecule has 0 saturated heterocycles. The van der Waals surface area contributed by atoms with E-state index in [0.717, 1.165) is 51.4 Å². The second kappa shape index (κ2) is 45.6. The van der Waals surface area contributed by atoms with Gasteiger partial charge in [-0.3, -0.25) is 9.59 Å². The Hall–Kier alpha value is -2.44. The summed E-state index contributed by atoms with van der Waals surface area (Å²) in [5.41, 5.74) is 0. The molecule has 0 radical (unpaired) electrons. The minimum absolute atomic E-state index is 0.0497. The number of ether oxygens (including phenoxy) is 1. The van der Waals surface area contributed by atoms with E-state index in [1.807, 2.05) is 54.7 Å². The van der Waals surface area contributed by atoms with Crippen LogP contribution in [-0.2, 0) is 14.3 Å². The molecule has 3 unspecified atom stereocenters. The highest BCUT2D eigenvalue weighted by atomic mass is 16.5. The van der Waals surface area contributed by atoms with Crippen LogP contribution in [0, 0.1) is 0 Å². The number of aliphatic hydroxyl groups is 2. The third-order valence-corrected chi connectivity index (χ3v) is 11.0. The van der Waals surface area contributed by atoms with E-state index in [4.69, 9.17) is 4.74 Å². The zero-order chi connectivity index (χ0) is 42.4. The third-order valence-electron chi connectivity index (χ3n) is 11.0. The summed E-state index contributed by atoms with van der Waals surface area (Å²) in [6.45, 7) is 6.32. The van der Waals surface area contributed by atoms with Crippen LogP contribution in [0.5, 0.6) is 0 Å². The topological polar surface area (TPSA) is 95.9 Å². The van der Waals surface area contributed by atoms with Gasteiger partial charge in [-0.2, -0.15) is 0 Å². The minimum Gasteiger partial charge on any atom is -0.462 e. The first-order valence-corrected chi connectivity index (χ1v) is 24.6. The lowest BCUT2D eigenvalue weighted by molar-refractivity contribution is -0.151. The average molecular weight is 812 g/mol. The molecule has 0 fully saturated rings. The van der Waals surface area contributed by atoms with Gasteiger partial charge in [-0.05, 0) is 38.5 Å². The summed E-state index contributed by atoms with van der Waals surface area (Å²) in [5.74, 6) is -0.559. The molecular weight excluding hydrogens is 719 g/mol. The number of carbonyl (C=O) groups is 2. The van der Waals surface area contributed by atoms with Gasteiger partial charge in [0.2, 0.25) is 5.91 Å². The third kappa shape index (κ3) is 40.3. The lowest BCUT2D eigenvalue weighted by Crippen LogP contribution is -2.46. The molecule has 6 heteroatoms. The second-order valence-electron chi connectivity index (χ2n) is 16.6. The molecule has 0 aliphatic rings. The van der Waals surface area contributed by atoms with E-state index in [2.05, 4.69) is 32.2 Å². The standard InChI is InChI=1S/C52H93NO5/c1-4-7-10-13-16-19-22-25-27-29-32-35-38-41-44-50(55)49(47-54)53-51(56)46-48(43-40-37-34-31-28-24-21-18-15-12-9-6-3)58-52(57)45-42-39-36-33-30-26-23-20-17-14-11-8-5-2/h8,11,14,17,20,23,26,30,33,36,48-50,54-55H,4-7,9-10,12-13,15-16,18-19,21-22,24-25,27-29,31-32,34-35,37-47H2,1-3H3,(H,53,56)/b11-8+,17-14+,23-20-,30-26-,36-33+. The quantitative estimate of drug-likeness (QED) is 0.0324.